The van der Waals surface area contributed by atoms with E-state index in [1.807, 2.05) is 0 Å². The summed E-state index contributed by atoms with van der Waals surface area (Å²) in [5.41, 5.74) is 0. The summed E-state index contributed by atoms with van der Waals surface area (Å²) in [7, 11) is -5.39. The van der Waals surface area contributed by atoms with E-state index in [0.29, 0.717) is 0 Å². The van der Waals surface area contributed by atoms with Gasteiger partial charge in [0.05, 0.1) is 0 Å². The molecule has 0 aliphatic rings. The Hall–Kier alpha value is -0.620. The number of rotatable bonds is 0. The predicted octanol–water partition coefficient (Wildman–Crippen LogP) is -5.27. The molecule has 0 bridgehead atoms. The first-order valence-corrected chi connectivity index (χ1v) is 2.80. The second-order valence-electron chi connectivity index (χ2n) is 0.697. The van der Waals surface area contributed by atoms with Crippen molar-refractivity contribution in [2.24, 2.45) is 0 Å². The van der Waals surface area contributed by atoms with E-state index in [1.165, 1.54) is 0 Å². The zero-order chi connectivity index (χ0) is 8.08. The van der Waals surface area contributed by atoms with Crippen molar-refractivity contribution in [2.45, 2.75) is 0 Å². The molecule has 0 unspecified atom stereocenters. The third-order valence-electron chi connectivity index (χ3n) is 0. The molecule has 0 aromatic heterocycles. The van der Waals surface area contributed by atoms with Crippen molar-refractivity contribution in [3.63, 3.8) is 0 Å². The van der Waals surface area contributed by atoms with Crippen LogP contribution in [0.5, 0.6) is 0 Å². The summed E-state index contributed by atoms with van der Waals surface area (Å²) >= 11 is 0. The molecule has 0 radical (unpaired) electrons. The lowest BCUT2D eigenvalue weighted by atomic mass is 11.5. The fourth-order valence-corrected chi connectivity index (χ4v) is 0. The minimum atomic E-state index is -5.39. The molecule has 0 aromatic carbocycles. The fraction of sp³-hybridized carbons (Fsp3) is 0. The van der Waals surface area contributed by atoms with Gasteiger partial charge in [-0.25, -0.2) is 0 Å². The standard InChI is InChI=1S/CH2O3.H3O4P/c2-1(3)4;1-5(2,3)4/h(H2,2,3,4);(H3,1,2,3,4)/p-5. The zero-order valence-corrected chi connectivity index (χ0v) is 4.70. The Labute approximate surface area is 49.4 Å². The van der Waals surface area contributed by atoms with Gasteiger partial charge in [0.2, 0.25) is 0 Å². The lowest BCUT2D eigenvalue weighted by Gasteiger charge is -2.36. The molecule has 8 heteroatoms. The minimum Gasteiger partial charge on any atom is -0.822 e. The van der Waals surface area contributed by atoms with Crippen molar-refractivity contribution in [3.05, 3.63) is 0 Å². The highest BCUT2D eigenvalue weighted by molar-refractivity contribution is 7.40. The Bertz CT molecular complexity index is 109. The number of carbonyl (C=O) groups excluding carboxylic acids is 1. The third kappa shape index (κ3) is 556. The molecular formula is CO7P-5. The highest BCUT2D eigenvalue weighted by Crippen LogP contribution is 2.03. The Balaban J connectivity index is 0. The second kappa shape index (κ2) is 4.28. The molecule has 0 N–H and O–H groups in total. The van der Waals surface area contributed by atoms with Gasteiger partial charge in [0.1, 0.15) is 0 Å². The summed E-state index contributed by atoms with van der Waals surface area (Å²) < 4.78 is 8.55. The van der Waals surface area contributed by atoms with Crippen LogP contribution in [0.25, 0.3) is 0 Å². The van der Waals surface area contributed by atoms with Gasteiger partial charge in [-0.3, -0.25) is 0 Å². The summed E-state index contributed by atoms with van der Waals surface area (Å²) in [5, 5.41) is 16.7. The molecule has 0 fully saturated rings. The first-order valence-electron chi connectivity index (χ1n) is 1.34. The number of phosphoric acid groups is 1. The van der Waals surface area contributed by atoms with E-state index >= 15 is 0 Å². The van der Waals surface area contributed by atoms with Crippen LogP contribution in [0.3, 0.4) is 0 Å². The van der Waals surface area contributed by atoms with Crippen LogP contribution < -0.4 is 24.9 Å². The van der Waals surface area contributed by atoms with Gasteiger partial charge in [-0.05, 0) is 6.16 Å². The van der Waals surface area contributed by atoms with E-state index in [2.05, 4.69) is 0 Å². The predicted molar refractivity (Wildman–Crippen MR) is 13.0 cm³/mol. The van der Waals surface area contributed by atoms with Gasteiger partial charge in [-0.15, -0.1) is 0 Å². The smallest absolute Gasteiger partial charge is 0.0431 e. The van der Waals surface area contributed by atoms with Gasteiger partial charge >= 0.3 is 0 Å². The lowest BCUT2D eigenvalue weighted by Crippen LogP contribution is -2.37. The molecule has 0 atom stereocenters. The molecular weight excluding hydrogens is 155 g/mol. The van der Waals surface area contributed by atoms with Crippen molar-refractivity contribution in [2.75, 3.05) is 0 Å². The largest absolute Gasteiger partial charge is 0.822 e. The van der Waals surface area contributed by atoms with Gasteiger partial charge in [0, 0.05) is 0 Å². The van der Waals surface area contributed by atoms with Crippen molar-refractivity contribution < 1.29 is 34.3 Å². The van der Waals surface area contributed by atoms with E-state index in [-0.39, 0.29) is 0 Å². The summed E-state index contributed by atoms with van der Waals surface area (Å²) in [6, 6.07) is 0. The summed E-state index contributed by atoms with van der Waals surface area (Å²) in [6.07, 6.45) is -2.33. The monoisotopic (exact) mass is 155 g/mol. The van der Waals surface area contributed by atoms with E-state index < -0.39 is 14.0 Å². The number of carbonyl (C=O) groups is 1. The number of hydrogen-bond acceptors (Lipinski definition) is 7. The molecule has 9 heavy (non-hydrogen) atoms. The van der Waals surface area contributed by atoms with Crippen LogP contribution in [-0.2, 0) is 4.57 Å². The molecule has 0 heterocycles. The molecule has 56 valence electrons. The van der Waals surface area contributed by atoms with Crippen LogP contribution >= 0.6 is 7.82 Å². The molecule has 0 amide bonds. The molecule has 0 spiro atoms. The summed E-state index contributed by atoms with van der Waals surface area (Å²) in [5.74, 6) is 0. The van der Waals surface area contributed by atoms with Gasteiger partial charge in [-0.2, -0.15) is 7.82 Å². The van der Waals surface area contributed by atoms with E-state index in [0.717, 1.165) is 0 Å². The Kier molecular flexibility index (Phi) is 5.33. The molecule has 0 rings (SSSR count). The van der Waals surface area contributed by atoms with Crippen LogP contribution in [0.1, 0.15) is 0 Å². The lowest BCUT2D eigenvalue weighted by molar-refractivity contribution is -0.432. The van der Waals surface area contributed by atoms with Crippen LogP contribution in [0.2, 0.25) is 0 Å². The van der Waals surface area contributed by atoms with Gasteiger partial charge < -0.3 is 34.3 Å². The molecule has 0 aromatic rings. The first-order chi connectivity index (χ1) is 3.73. The van der Waals surface area contributed by atoms with E-state index in [9.17, 15) is 0 Å². The molecule has 0 aliphatic heterocycles. The fourth-order valence-electron chi connectivity index (χ4n) is 0. The molecule has 7 nitrogen and oxygen atoms in total. The van der Waals surface area contributed by atoms with Gasteiger partial charge in [0.25, 0.3) is 0 Å². The van der Waals surface area contributed by atoms with Crippen LogP contribution in [0.15, 0.2) is 0 Å². The SMILES string of the molecule is O=C([O-])[O-].O=P([O-])([O-])[O-]. The number of hydrogen-bond donors (Lipinski definition) is 0. The minimum absolute atomic E-state index is 2.33. The van der Waals surface area contributed by atoms with Gasteiger partial charge in [-0.1, -0.05) is 0 Å². The van der Waals surface area contributed by atoms with Crippen LogP contribution in [0.4, 0.5) is 4.79 Å². The molecule has 0 saturated heterocycles. The van der Waals surface area contributed by atoms with Crippen molar-refractivity contribution in [1.29, 1.82) is 0 Å². The third-order valence-corrected chi connectivity index (χ3v) is 0. The Morgan fingerprint density at radius 3 is 1.11 bits per heavy atom. The van der Waals surface area contributed by atoms with Gasteiger partial charge in [0.15, 0.2) is 0 Å². The molecule has 0 saturated carbocycles. The van der Waals surface area contributed by atoms with Crippen molar-refractivity contribution in [3.8, 4) is 0 Å². The van der Waals surface area contributed by atoms with Crippen molar-refractivity contribution >= 4 is 14.0 Å². The maximum atomic E-state index is 8.55. The van der Waals surface area contributed by atoms with E-state index in [4.69, 9.17) is 34.3 Å². The van der Waals surface area contributed by atoms with E-state index in [1.54, 1.807) is 0 Å². The van der Waals surface area contributed by atoms with Crippen molar-refractivity contribution in [1.82, 2.24) is 0 Å². The van der Waals surface area contributed by atoms with Crippen LogP contribution in [-0.4, -0.2) is 6.16 Å². The second-order valence-corrected chi connectivity index (χ2v) is 1.59. The Morgan fingerprint density at radius 1 is 1.11 bits per heavy atom. The summed E-state index contributed by atoms with van der Waals surface area (Å²) in [6.45, 7) is 0. The highest BCUT2D eigenvalue weighted by Gasteiger charge is 1.44. The topological polar surface area (TPSA) is 149 Å². The maximum Gasteiger partial charge on any atom is -0.0431 e. The number of carboxylic acid groups (broad SMARTS) is 2. The highest BCUT2D eigenvalue weighted by atomic mass is 31.2. The molecule has 0 aliphatic carbocycles. The average Bonchev–Trinajstić information content (AvgIpc) is 1.19. The zero-order valence-electron chi connectivity index (χ0n) is 3.80. The summed E-state index contributed by atoms with van der Waals surface area (Å²) in [4.78, 5) is 34.0. The normalized spacial score (nSPS) is 9.22. The Morgan fingerprint density at radius 2 is 1.11 bits per heavy atom. The average molecular weight is 155 g/mol. The first kappa shape index (κ1) is 11.2. The van der Waals surface area contributed by atoms with Crippen LogP contribution in [0, 0.1) is 0 Å². The maximum absolute atomic E-state index is 8.55. The quantitative estimate of drug-likeness (QED) is 0.317.